The van der Waals surface area contributed by atoms with E-state index in [2.05, 4.69) is 15.1 Å². The summed E-state index contributed by atoms with van der Waals surface area (Å²) in [5.41, 5.74) is 2.54. The third-order valence-electron chi connectivity index (χ3n) is 4.25. The lowest BCUT2D eigenvalue weighted by atomic mass is 10.1. The maximum atomic E-state index is 12.8. The van der Waals surface area contributed by atoms with Crippen molar-refractivity contribution in [1.82, 2.24) is 19.7 Å². The molecular weight excluding hydrogens is 442 g/mol. The smallest absolute Gasteiger partial charge is 0.475 e. The van der Waals surface area contributed by atoms with Gasteiger partial charge in [0.25, 0.3) is 0 Å². The fraction of sp³-hybridized carbons (Fsp3) is 0.150. The van der Waals surface area contributed by atoms with E-state index in [-0.39, 0.29) is 6.54 Å². The van der Waals surface area contributed by atoms with Crippen LogP contribution in [0.2, 0.25) is 0 Å². The van der Waals surface area contributed by atoms with Gasteiger partial charge >= 0.3 is 18.3 Å². The molecule has 0 radical (unpaired) electrons. The molecule has 0 bridgehead atoms. The molecule has 0 saturated heterocycles. The van der Waals surface area contributed by atoms with E-state index in [1.807, 2.05) is 24.5 Å². The van der Waals surface area contributed by atoms with Crippen LogP contribution in [0.3, 0.4) is 0 Å². The zero-order valence-corrected chi connectivity index (χ0v) is 15.9. The number of halogens is 6. The fourth-order valence-electron chi connectivity index (χ4n) is 2.83. The van der Waals surface area contributed by atoms with Gasteiger partial charge in [0.2, 0.25) is 0 Å². The highest BCUT2D eigenvalue weighted by Crippen LogP contribution is 2.30. The molecule has 0 spiro atoms. The minimum absolute atomic E-state index is 0.269. The first-order valence-corrected chi connectivity index (χ1v) is 8.86. The molecule has 3 heterocycles. The number of H-pyrrole nitrogens is 1. The first-order valence-electron chi connectivity index (χ1n) is 8.86. The van der Waals surface area contributed by atoms with Gasteiger partial charge in [0, 0.05) is 29.5 Å². The molecule has 12 heteroatoms. The summed E-state index contributed by atoms with van der Waals surface area (Å²) in [4.78, 5) is 16.2. The second kappa shape index (κ2) is 8.73. The third-order valence-corrected chi connectivity index (χ3v) is 4.25. The number of carboxylic acid groups (broad SMARTS) is 1. The second-order valence-electron chi connectivity index (χ2n) is 6.53. The Morgan fingerprint density at radius 1 is 1.09 bits per heavy atom. The van der Waals surface area contributed by atoms with Crippen molar-refractivity contribution >= 4 is 17.0 Å². The number of aliphatic carboxylic acids is 1. The van der Waals surface area contributed by atoms with E-state index in [1.54, 1.807) is 23.1 Å². The molecule has 0 aliphatic heterocycles. The lowest BCUT2D eigenvalue weighted by molar-refractivity contribution is -0.192. The van der Waals surface area contributed by atoms with E-state index >= 15 is 0 Å². The summed E-state index contributed by atoms with van der Waals surface area (Å²) in [5.74, 6) is -2.76. The van der Waals surface area contributed by atoms with Crippen LogP contribution in [0.25, 0.3) is 22.2 Å². The van der Waals surface area contributed by atoms with Gasteiger partial charge in [0.05, 0.1) is 18.3 Å². The zero-order valence-electron chi connectivity index (χ0n) is 15.9. The first-order chi connectivity index (χ1) is 14.9. The monoisotopic (exact) mass is 456 g/mol. The van der Waals surface area contributed by atoms with Crippen molar-refractivity contribution in [3.05, 3.63) is 72.3 Å². The zero-order chi connectivity index (χ0) is 23.5. The highest BCUT2D eigenvalue weighted by atomic mass is 19.4. The molecule has 0 amide bonds. The highest BCUT2D eigenvalue weighted by Gasteiger charge is 2.38. The summed E-state index contributed by atoms with van der Waals surface area (Å²) in [6.07, 6.45) is -2.38. The van der Waals surface area contributed by atoms with Gasteiger partial charge in [-0.2, -0.15) is 31.4 Å². The Bertz CT molecular complexity index is 1230. The van der Waals surface area contributed by atoms with Gasteiger partial charge in [-0.1, -0.05) is 12.1 Å². The third kappa shape index (κ3) is 5.45. The predicted molar refractivity (Wildman–Crippen MR) is 102 cm³/mol. The average Bonchev–Trinajstić information content (AvgIpc) is 3.36. The van der Waals surface area contributed by atoms with Gasteiger partial charge in [-0.15, -0.1) is 0 Å². The van der Waals surface area contributed by atoms with Crippen LogP contribution in [0.4, 0.5) is 26.3 Å². The summed E-state index contributed by atoms with van der Waals surface area (Å²) in [5, 5.41) is 12.4. The molecule has 168 valence electrons. The van der Waals surface area contributed by atoms with Crippen LogP contribution in [0.1, 0.15) is 11.1 Å². The van der Waals surface area contributed by atoms with Crippen molar-refractivity contribution < 1.29 is 36.2 Å². The number of pyridine rings is 1. The molecule has 4 aromatic rings. The first kappa shape index (κ1) is 22.8. The molecule has 1 aromatic carbocycles. The van der Waals surface area contributed by atoms with Crippen LogP contribution < -0.4 is 0 Å². The maximum absolute atomic E-state index is 12.8. The van der Waals surface area contributed by atoms with Crippen molar-refractivity contribution in [2.45, 2.75) is 18.9 Å². The van der Waals surface area contributed by atoms with Crippen LogP contribution in [-0.4, -0.2) is 37.0 Å². The molecule has 6 nitrogen and oxygen atoms in total. The molecule has 0 saturated carbocycles. The number of carboxylic acids is 1. The van der Waals surface area contributed by atoms with Crippen LogP contribution in [0, 0.1) is 0 Å². The number of rotatable bonds is 3. The van der Waals surface area contributed by atoms with E-state index < -0.39 is 23.9 Å². The van der Waals surface area contributed by atoms with Crippen LogP contribution >= 0.6 is 0 Å². The Morgan fingerprint density at radius 2 is 1.81 bits per heavy atom. The van der Waals surface area contributed by atoms with Gasteiger partial charge in [-0.05, 0) is 35.4 Å². The number of fused-ring (bicyclic) bond motifs is 1. The van der Waals surface area contributed by atoms with Crippen molar-refractivity contribution in [1.29, 1.82) is 0 Å². The molecule has 32 heavy (non-hydrogen) atoms. The molecule has 4 rings (SSSR count). The van der Waals surface area contributed by atoms with Crippen molar-refractivity contribution in [3.63, 3.8) is 0 Å². The standard InChI is InChI=1S/C18H13F3N4.C2HF3O2/c19-18(20,21)14-3-1-2-12(8-14)10-25-11-13(9-24-25)15-4-6-22-17-16(15)5-7-23-17;3-2(4,5)1(6)7/h1-9,11H,10H2,(H,22,23);(H,6,7). The van der Waals surface area contributed by atoms with E-state index in [4.69, 9.17) is 9.90 Å². The van der Waals surface area contributed by atoms with Gasteiger partial charge < -0.3 is 10.1 Å². The number of aromatic amines is 1. The molecule has 0 fully saturated rings. The van der Waals surface area contributed by atoms with Gasteiger partial charge in [0.1, 0.15) is 5.65 Å². The number of nitrogens with one attached hydrogen (secondary N) is 1. The normalized spacial score (nSPS) is 11.8. The summed E-state index contributed by atoms with van der Waals surface area (Å²) >= 11 is 0. The number of alkyl halides is 6. The quantitative estimate of drug-likeness (QED) is 0.419. The summed E-state index contributed by atoms with van der Waals surface area (Å²) < 4.78 is 71.8. The number of benzene rings is 1. The number of carbonyl (C=O) groups is 1. The van der Waals surface area contributed by atoms with E-state index in [9.17, 15) is 26.3 Å². The molecule has 0 atom stereocenters. The molecule has 3 aromatic heterocycles. The van der Waals surface area contributed by atoms with Crippen LogP contribution in [0.15, 0.2) is 61.2 Å². The number of hydrogen-bond acceptors (Lipinski definition) is 3. The summed E-state index contributed by atoms with van der Waals surface area (Å²) in [6.45, 7) is 0.269. The average molecular weight is 456 g/mol. The lowest BCUT2D eigenvalue weighted by Crippen LogP contribution is -2.21. The van der Waals surface area contributed by atoms with Crippen molar-refractivity contribution in [3.8, 4) is 11.1 Å². The Labute approximate surface area is 176 Å². The maximum Gasteiger partial charge on any atom is 0.490 e. The Hall–Kier alpha value is -3.83. The Morgan fingerprint density at radius 3 is 2.47 bits per heavy atom. The topological polar surface area (TPSA) is 83.8 Å². The predicted octanol–water partition coefficient (Wildman–Crippen LogP) is 5.13. The molecular formula is C20H14F6N4O2. The van der Waals surface area contributed by atoms with E-state index in [0.29, 0.717) is 5.56 Å². The molecule has 2 N–H and O–H groups in total. The largest absolute Gasteiger partial charge is 0.490 e. The number of hydrogen-bond donors (Lipinski definition) is 2. The van der Waals surface area contributed by atoms with Crippen LogP contribution in [-0.2, 0) is 17.5 Å². The van der Waals surface area contributed by atoms with Crippen molar-refractivity contribution in [2.75, 3.05) is 0 Å². The van der Waals surface area contributed by atoms with E-state index in [1.165, 1.54) is 6.07 Å². The van der Waals surface area contributed by atoms with Gasteiger partial charge in [0.15, 0.2) is 0 Å². The fourth-order valence-corrected chi connectivity index (χ4v) is 2.83. The van der Waals surface area contributed by atoms with Gasteiger partial charge in [-0.25, -0.2) is 9.78 Å². The lowest BCUT2D eigenvalue weighted by Gasteiger charge is -2.08. The Balaban J connectivity index is 0.000000360. The Kier molecular flexibility index (Phi) is 6.23. The molecule has 0 aliphatic carbocycles. The number of aromatic nitrogens is 4. The number of nitrogens with zero attached hydrogens (tertiary/aromatic N) is 3. The molecule has 0 aliphatic rings. The minimum Gasteiger partial charge on any atom is -0.475 e. The van der Waals surface area contributed by atoms with Crippen molar-refractivity contribution in [2.24, 2.45) is 0 Å². The van der Waals surface area contributed by atoms with Gasteiger partial charge in [-0.3, -0.25) is 4.68 Å². The van der Waals surface area contributed by atoms with E-state index in [0.717, 1.165) is 34.3 Å². The highest BCUT2D eigenvalue weighted by molar-refractivity contribution is 5.92. The summed E-state index contributed by atoms with van der Waals surface area (Å²) in [6, 6.07) is 9.11. The minimum atomic E-state index is -5.08. The second-order valence-corrected chi connectivity index (χ2v) is 6.53. The molecule has 0 unspecified atom stereocenters. The van der Waals surface area contributed by atoms with Crippen LogP contribution in [0.5, 0.6) is 0 Å². The summed E-state index contributed by atoms with van der Waals surface area (Å²) in [7, 11) is 0. The SMILES string of the molecule is FC(F)(F)c1cccc(Cn2cc(-c3ccnc4[nH]ccc34)cn2)c1.O=C(O)C(F)(F)F.